The number of halogens is 1. The van der Waals surface area contributed by atoms with Gasteiger partial charge in [0.25, 0.3) is 0 Å². The minimum Gasteiger partial charge on any atom is -0.478 e. The number of rotatable bonds is 3. The van der Waals surface area contributed by atoms with Crippen molar-refractivity contribution in [2.24, 2.45) is 5.10 Å². The molecule has 116 valence electrons. The molecule has 1 aliphatic heterocycles. The van der Waals surface area contributed by atoms with Gasteiger partial charge >= 0.3 is 5.97 Å². The molecule has 0 spiro atoms. The molecule has 6 heteroatoms. The average molecular weight is 312 g/mol. The Kier molecular flexibility index (Phi) is 3.89. The molecular formula is C17H13FN2O3. The van der Waals surface area contributed by atoms with Crippen molar-refractivity contribution in [3.05, 3.63) is 65.5 Å². The summed E-state index contributed by atoms with van der Waals surface area (Å²) in [6, 6.07) is 11.9. The summed E-state index contributed by atoms with van der Waals surface area (Å²) in [5.74, 6) is -1.62. The van der Waals surface area contributed by atoms with Gasteiger partial charge in [-0.2, -0.15) is 5.10 Å². The molecule has 0 radical (unpaired) electrons. The quantitative estimate of drug-likeness (QED) is 0.947. The summed E-state index contributed by atoms with van der Waals surface area (Å²) >= 11 is 0. The van der Waals surface area contributed by atoms with Crippen molar-refractivity contribution in [3.63, 3.8) is 0 Å². The van der Waals surface area contributed by atoms with E-state index in [2.05, 4.69) is 5.10 Å². The highest BCUT2D eigenvalue weighted by molar-refractivity contribution is 6.09. The first kappa shape index (κ1) is 14.9. The number of aromatic carboxylic acids is 1. The molecule has 0 atom stereocenters. The minimum absolute atomic E-state index is 0.0828. The molecule has 1 aliphatic rings. The number of carbonyl (C=O) groups excluding carboxylic acids is 1. The van der Waals surface area contributed by atoms with Crippen molar-refractivity contribution in [3.8, 4) is 0 Å². The Morgan fingerprint density at radius 2 is 1.87 bits per heavy atom. The van der Waals surface area contributed by atoms with Gasteiger partial charge in [0.1, 0.15) is 5.82 Å². The summed E-state index contributed by atoms with van der Waals surface area (Å²) in [5.41, 5.74) is 1.87. The Bertz CT molecular complexity index is 800. The summed E-state index contributed by atoms with van der Waals surface area (Å²) in [7, 11) is 0. The van der Waals surface area contributed by atoms with Crippen LogP contribution in [0.2, 0.25) is 0 Å². The predicted molar refractivity (Wildman–Crippen MR) is 83.1 cm³/mol. The third-order valence-electron chi connectivity index (χ3n) is 3.55. The Balaban J connectivity index is 1.98. The fraction of sp³-hybridized carbons (Fsp3) is 0.118. The molecule has 2 aromatic rings. The van der Waals surface area contributed by atoms with Gasteiger partial charge in [0, 0.05) is 12.8 Å². The highest BCUT2D eigenvalue weighted by atomic mass is 19.1. The van der Waals surface area contributed by atoms with Crippen LogP contribution in [-0.4, -0.2) is 22.7 Å². The van der Waals surface area contributed by atoms with E-state index in [1.807, 2.05) is 0 Å². The molecule has 0 unspecified atom stereocenters. The van der Waals surface area contributed by atoms with Crippen molar-refractivity contribution in [2.75, 3.05) is 5.01 Å². The van der Waals surface area contributed by atoms with Crippen LogP contribution in [0.25, 0.3) is 0 Å². The molecule has 1 heterocycles. The zero-order valence-electron chi connectivity index (χ0n) is 12.1. The lowest BCUT2D eigenvalue weighted by Gasteiger charge is -2.24. The summed E-state index contributed by atoms with van der Waals surface area (Å²) in [5, 5.41) is 14.6. The second-order valence-electron chi connectivity index (χ2n) is 5.11. The summed E-state index contributed by atoms with van der Waals surface area (Å²) in [6.07, 6.45) is 0.715. The van der Waals surface area contributed by atoms with Crippen LogP contribution >= 0.6 is 0 Å². The summed E-state index contributed by atoms with van der Waals surface area (Å²) in [4.78, 5) is 23.2. The van der Waals surface area contributed by atoms with Gasteiger partial charge in [0.2, 0.25) is 5.91 Å². The van der Waals surface area contributed by atoms with Gasteiger partial charge in [-0.3, -0.25) is 4.79 Å². The number of carbonyl (C=O) groups is 2. The lowest BCUT2D eigenvalue weighted by molar-refractivity contribution is -0.118. The first-order valence-corrected chi connectivity index (χ1v) is 7.04. The van der Waals surface area contributed by atoms with E-state index >= 15 is 0 Å². The fourth-order valence-corrected chi connectivity index (χ4v) is 2.37. The second-order valence-corrected chi connectivity index (χ2v) is 5.11. The lowest BCUT2D eigenvalue weighted by Crippen LogP contribution is -2.32. The minimum atomic E-state index is -1.07. The van der Waals surface area contributed by atoms with E-state index in [0.717, 1.165) is 5.56 Å². The molecule has 3 rings (SSSR count). The van der Waals surface area contributed by atoms with Crippen molar-refractivity contribution in [2.45, 2.75) is 12.8 Å². The topological polar surface area (TPSA) is 70.0 Å². The first-order valence-electron chi connectivity index (χ1n) is 7.04. The third kappa shape index (κ3) is 3.11. The predicted octanol–water partition coefficient (Wildman–Crippen LogP) is 3.06. The molecule has 1 N–H and O–H groups in total. The zero-order valence-corrected chi connectivity index (χ0v) is 12.1. The van der Waals surface area contributed by atoms with Crippen LogP contribution in [0.15, 0.2) is 53.6 Å². The largest absolute Gasteiger partial charge is 0.478 e. The maximum absolute atomic E-state index is 13.0. The number of hydrazone groups is 1. The third-order valence-corrected chi connectivity index (χ3v) is 3.55. The Labute approximate surface area is 131 Å². The van der Waals surface area contributed by atoms with Crippen molar-refractivity contribution < 1.29 is 19.1 Å². The number of carboxylic acids is 1. The number of hydrogen-bond donors (Lipinski definition) is 1. The number of hydrogen-bond acceptors (Lipinski definition) is 3. The highest BCUT2D eigenvalue weighted by Gasteiger charge is 2.23. The van der Waals surface area contributed by atoms with Crippen LogP contribution in [-0.2, 0) is 4.79 Å². The van der Waals surface area contributed by atoms with Crippen LogP contribution in [0.4, 0.5) is 10.1 Å². The number of nitrogens with zero attached hydrogens (tertiary/aromatic N) is 2. The van der Waals surface area contributed by atoms with Crippen LogP contribution in [0.3, 0.4) is 0 Å². The molecule has 23 heavy (non-hydrogen) atoms. The van der Waals surface area contributed by atoms with Crippen LogP contribution in [0.1, 0.15) is 28.8 Å². The average Bonchev–Trinajstić information content (AvgIpc) is 2.56. The maximum atomic E-state index is 13.0. The normalized spacial score (nSPS) is 14.6. The van der Waals surface area contributed by atoms with Gasteiger partial charge in [-0.15, -0.1) is 0 Å². The van der Waals surface area contributed by atoms with E-state index in [9.17, 15) is 14.0 Å². The van der Waals surface area contributed by atoms with E-state index in [1.165, 1.54) is 29.3 Å². The summed E-state index contributed by atoms with van der Waals surface area (Å²) in [6.45, 7) is 0. The second kappa shape index (κ2) is 6.00. The number of benzene rings is 2. The van der Waals surface area contributed by atoms with Crippen molar-refractivity contribution >= 4 is 23.3 Å². The van der Waals surface area contributed by atoms with E-state index in [1.54, 1.807) is 24.3 Å². The Morgan fingerprint density at radius 1 is 1.13 bits per heavy atom. The lowest BCUT2D eigenvalue weighted by atomic mass is 10.0. The molecule has 1 amide bonds. The zero-order chi connectivity index (χ0) is 16.4. The number of carboxylic acid groups (broad SMARTS) is 1. The maximum Gasteiger partial charge on any atom is 0.335 e. The smallest absolute Gasteiger partial charge is 0.335 e. The Hall–Kier alpha value is -3.02. The molecule has 0 bridgehead atoms. The molecule has 2 aromatic carbocycles. The number of amides is 1. The Morgan fingerprint density at radius 3 is 2.57 bits per heavy atom. The first-order chi connectivity index (χ1) is 11.0. The molecule has 0 aromatic heterocycles. The van der Waals surface area contributed by atoms with E-state index in [0.29, 0.717) is 17.8 Å². The van der Waals surface area contributed by atoms with E-state index in [4.69, 9.17) is 5.11 Å². The molecule has 0 aliphatic carbocycles. The van der Waals surface area contributed by atoms with E-state index < -0.39 is 5.97 Å². The molecule has 0 saturated carbocycles. The highest BCUT2D eigenvalue weighted by Crippen LogP contribution is 2.23. The SMILES string of the molecule is O=C(O)c1cccc(N2N=C(c3ccc(F)cc3)CCC2=O)c1. The van der Waals surface area contributed by atoms with Crippen molar-refractivity contribution in [1.29, 1.82) is 0 Å². The van der Waals surface area contributed by atoms with Crippen LogP contribution in [0.5, 0.6) is 0 Å². The molecule has 5 nitrogen and oxygen atoms in total. The summed E-state index contributed by atoms with van der Waals surface area (Å²) < 4.78 is 13.0. The molecule has 0 saturated heterocycles. The van der Waals surface area contributed by atoms with Gasteiger partial charge in [-0.1, -0.05) is 18.2 Å². The van der Waals surface area contributed by atoms with Crippen molar-refractivity contribution in [1.82, 2.24) is 0 Å². The number of anilines is 1. The van der Waals surface area contributed by atoms with E-state index in [-0.39, 0.29) is 23.7 Å². The van der Waals surface area contributed by atoms with Gasteiger partial charge in [-0.05, 0) is 35.9 Å². The monoisotopic (exact) mass is 312 g/mol. The van der Waals surface area contributed by atoms with Gasteiger partial charge in [0.15, 0.2) is 0 Å². The molecule has 0 fully saturated rings. The molecular weight excluding hydrogens is 299 g/mol. The van der Waals surface area contributed by atoms with Crippen LogP contribution in [0, 0.1) is 5.82 Å². The van der Waals surface area contributed by atoms with Crippen LogP contribution < -0.4 is 5.01 Å². The standard InChI is InChI=1S/C17H13FN2O3/c18-13-6-4-11(5-7-13)15-8-9-16(21)20(19-15)14-3-1-2-12(10-14)17(22)23/h1-7,10H,8-9H2,(H,22,23). The van der Waals surface area contributed by atoms with Gasteiger partial charge in [0.05, 0.1) is 17.0 Å². The van der Waals surface area contributed by atoms with Gasteiger partial charge < -0.3 is 5.11 Å². The van der Waals surface area contributed by atoms with Gasteiger partial charge in [-0.25, -0.2) is 14.2 Å². The fourth-order valence-electron chi connectivity index (χ4n) is 2.37.